The molecule has 30 heavy (non-hydrogen) atoms. The monoisotopic (exact) mass is 431 g/mol. The van der Waals surface area contributed by atoms with Gasteiger partial charge in [-0.15, -0.1) is 12.4 Å². The van der Waals surface area contributed by atoms with Crippen molar-refractivity contribution in [3.63, 3.8) is 0 Å². The molecule has 2 heterocycles. The Morgan fingerprint density at radius 1 is 1.37 bits per heavy atom. The second kappa shape index (κ2) is 9.11. The number of fused-ring (bicyclic) bond motifs is 2. The van der Waals surface area contributed by atoms with Crippen LogP contribution < -0.4 is 19.5 Å². The summed E-state index contributed by atoms with van der Waals surface area (Å²) in [6.45, 7) is 1.43. The Hall–Kier alpha value is -3.15. The zero-order valence-corrected chi connectivity index (χ0v) is 17.5. The molecule has 0 aliphatic carbocycles. The maximum absolute atomic E-state index is 10.9. The van der Waals surface area contributed by atoms with E-state index in [4.69, 9.17) is 14.2 Å². The van der Waals surface area contributed by atoms with E-state index in [1.54, 1.807) is 19.2 Å². The van der Waals surface area contributed by atoms with E-state index in [1.165, 1.54) is 12.1 Å². The van der Waals surface area contributed by atoms with Gasteiger partial charge in [-0.05, 0) is 31.2 Å². The first-order valence-corrected chi connectivity index (χ1v) is 9.25. The molecule has 0 saturated carbocycles. The molecule has 0 radical (unpaired) electrons. The molecular formula is C21H22ClN3O5. The van der Waals surface area contributed by atoms with Crippen LogP contribution in [-0.2, 0) is 6.42 Å². The van der Waals surface area contributed by atoms with Crippen LogP contribution in [0, 0.1) is 22.0 Å². The SMILES string of the molecule is COc1c2c(cc3c1C(C#CCNc1cccc([N+](=O)[O-])c1)N(C)CC3)OCO2.Cl. The fourth-order valence-corrected chi connectivity index (χ4v) is 3.64. The fourth-order valence-electron chi connectivity index (χ4n) is 3.64. The molecule has 0 aromatic heterocycles. The number of likely N-dealkylation sites (N-methyl/N-ethyl adjacent to an activating group) is 1. The topological polar surface area (TPSA) is 86.1 Å². The van der Waals surface area contributed by atoms with Gasteiger partial charge in [-0.3, -0.25) is 15.0 Å². The Balaban J connectivity index is 0.00000256. The molecule has 0 saturated heterocycles. The van der Waals surface area contributed by atoms with Crippen LogP contribution >= 0.6 is 12.4 Å². The number of benzene rings is 2. The van der Waals surface area contributed by atoms with E-state index in [9.17, 15) is 10.1 Å². The molecule has 2 aromatic rings. The third-order valence-electron chi connectivity index (χ3n) is 5.07. The summed E-state index contributed by atoms with van der Waals surface area (Å²) < 4.78 is 16.8. The third kappa shape index (κ3) is 4.08. The molecule has 0 spiro atoms. The van der Waals surface area contributed by atoms with Gasteiger partial charge in [-0.25, -0.2) is 0 Å². The predicted octanol–water partition coefficient (Wildman–Crippen LogP) is 3.40. The van der Waals surface area contributed by atoms with E-state index < -0.39 is 4.92 Å². The number of anilines is 1. The van der Waals surface area contributed by atoms with Crippen LogP contribution in [0.1, 0.15) is 17.2 Å². The zero-order chi connectivity index (χ0) is 20.4. The Morgan fingerprint density at radius 2 is 2.20 bits per heavy atom. The smallest absolute Gasteiger partial charge is 0.271 e. The van der Waals surface area contributed by atoms with Crippen molar-refractivity contribution in [2.45, 2.75) is 12.5 Å². The van der Waals surface area contributed by atoms with Crippen molar-refractivity contribution in [1.29, 1.82) is 0 Å². The standard InChI is InChI=1S/C21H21N3O5.ClH/c1-23-10-8-14-11-18-20(29-13-28-18)21(27-2)19(14)17(23)7-4-9-22-15-5-3-6-16(12-15)24(25)26;/h3,5-6,11-12,17,22H,8-10,13H2,1-2H3;1H. The van der Waals surface area contributed by atoms with E-state index in [0.29, 0.717) is 29.5 Å². The van der Waals surface area contributed by atoms with Crippen molar-refractivity contribution in [2.24, 2.45) is 0 Å². The lowest BCUT2D eigenvalue weighted by Crippen LogP contribution is -2.31. The number of nitro benzene ring substituents is 1. The summed E-state index contributed by atoms with van der Waals surface area (Å²) in [6.07, 6.45) is 0.878. The quantitative estimate of drug-likeness (QED) is 0.451. The molecule has 158 valence electrons. The van der Waals surface area contributed by atoms with Gasteiger partial charge >= 0.3 is 0 Å². The van der Waals surface area contributed by atoms with E-state index in [1.807, 2.05) is 13.1 Å². The number of halogens is 1. The minimum absolute atomic E-state index is 0. The fraction of sp³-hybridized carbons (Fsp3) is 0.333. The van der Waals surface area contributed by atoms with Gasteiger partial charge in [-0.2, -0.15) is 0 Å². The molecule has 9 heteroatoms. The number of hydrogen-bond donors (Lipinski definition) is 1. The number of methoxy groups -OCH3 is 1. The first-order chi connectivity index (χ1) is 14.1. The normalized spacial score (nSPS) is 16.5. The molecule has 2 aliphatic rings. The zero-order valence-electron chi connectivity index (χ0n) is 16.6. The van der Waals surface area contributed by atoms with Crippen molar-refractivity contribution < 1.29 is 19.1 Å². The minimum atomic E-state index is -0.415. The van der Waals surface area contributed by atoms with Gasteiger partial charge < -0.3 is 19.5 Å². The van der Waals surface area contributed by atoms with Crippen molar-refractivity contribution in [3.8, 4) is 29.1 Å². The van der Waals surface area contributed by atoms with Crippen LogP contribution in [-0.4, -0.2) is 43.9 Å². The average molecular weight is 432 g/mol. The van der Waals surface area contributed by atoms with E-state index in [2.05, 4.69) is 22.1 Å². The Bertz CT molecular complexity index is 1020. The summed E-state index contributed by atoms with van der Waals surface area (Å²) in [4.78, 5) is 12.7. The van der Waals surface area contributed by atoms with E-state index >= 15 is 0 Å². The molecule has 2 aliphatic heterocycles. The number of nitrogens with one attached hydrogen (secondary N) is 1. The van der Waals surface area contributed by atoms with E-state index in [0.717, 1.165) is 24.1 Å². The van der Waals surface area contributed by atoms with Gasteiger partial charge in [0.15, 0.2) is 11.5 Å². The maximum Gasteiger partial charge on any atom is 0.271 e. The number of hydrogen-bond acceptors (Lipinski definition) is 7. The molecule has 1 unspecified atom stereocenters. The average Bonchev–Trinajstić information content (AvgIpc) is 3.19. The highest BCUT2D eigenvalue weighted by Gasteiger charge is 2.33. The van der Waals surface area contributed by atoms with E-state index in [-0.39, 0.29) is 30.9 Å². The summed E-state index contributed by atoms with van der Waals surface area (Å²) in [5.74, 6) is 8.46. The lowest BCUT2D eigenvalue weighted by molar-refractivity contribution is -0.384. The van der Waals surface area contributed by atoms with Crippen molar-refractivity contribution in [1.82, 2.24) is 4.90 Å². The second-order valence-corrected chi connectivity index (χ2v) is 6.83. The van der Waals surface area contributed by atoms with Gasteiger partial charge in [0.2, 0.25) is 12.5 Å². The predicted molar refractivity (Wildman–Crippen MR) is 115 cm³/mol. The number of non-ortho nitro benzene ring substituents is 1. The van der Waals surface area contributed by atoms with Gasteiger partial charge in [0.1, 0.15) is 6.04 Å². The molecule has 4 rings (SSSR count). The van der Waals surface area contributed by atoms with Gasteiger partial charge in [0.05, 0.1) is 18.6 Å². The van der Waals surface area contributed by atoms with Crippen molar-refractivity contribution >= 4 is 23.8 Å². The molecule has 1 N–H and O–H groups in total. The first-order valence-electron chi connectivity index (χ1n) is 9.25. The van der Waals surface area contributed by atoms with Crippen LogP contribution in [0.25, 0.3) is 0 Å². The second-order valence-electron chi connectivity index (χ2n) is 6.83. The Morgan fingerprint density at radius 3 is 2.97 bits per heavy atom. The summed E-state index contributed by atoms with van der Waals surface area (Å²) in [6, 6.07) is 8.25. The lowest BCUT2D eigenvalue weighted by Gasteiger charge is -2.32. The number of nitrogens with zero attached hydrogens (tertiary/aromatic N) is 2. The maximum atomic E-state index is 10.9. The summed E-state index contributed by atoms with van der Waals surface area (Å²) in [5, 5.41) is 14.0. The number of ether oxygens (including phenoxy) is 3. The third-order valence-corrected chi connectivity index (χ3v) is 5.07. The van der Waals surface area contributed by atoms with Crippen LogP contribution in [0.5, 0.6) is 17.2 Å². The molecular weight excluding hydrogens is 410 g/mol. The van der Waals surface area contributed by atoms with Crippen LogP contribution in [0.15, 0.2) is 30.3 Å². The van der Waals surface area contributed by atoms with Gasteiger partial charge in [0.25, 0.3) is 5.69 Å². The Labute approximate surface area is 180 Å². The summed E-state index contributed by atoms with van der Waals surface area (Å²) >= 11 is 0. The summed E-state index contributed by atoms with van der Waals surface area (Å²) in [5.41, 5.74) is 2.86. The minimum Gasteiger partial charge on any atom is -0.492 e. The van der Waals surface area contributed by atoms with Crippen molar-refractivity contribution in [3.05, 3.63) is 51.6 Å². The number of nitro groups is 1. The Kier molecular flexibility index (Phi) is 6.55. The number of rotatable bonds is 4. The molecule has 2 aromatic carbocycles. The van der Waals surface area contributed by atoms with Gasteiger partial charge in [-0.1, -0.05) is 17.9 Å². The highest BCUT2D eigenvalue weighted by atomic mass is 35.5. The largest absolute Gasteiger partial charge is 0.492 e. The molecule has 0 amide bonds. The first kappa shape index (κ1) is 21.6. The highest BCUT2D eigenvalue weighted by molar-refractivity contribution is 5.85. The van der Waals surface area contributed by atoms with Crippen LogP contribution in [0.3, 0.4) is 0 Å². The van der Waals surface area contributed by atoms with Crippen LogP contribution in [0.2, 0.25) is 0 Å². The van der Waals surface area contributed by atoms with Crippen LogP contribution in [0.4, 0.5) is 11.4 Å². The highest BCUT2D eigenvalue weighted by Crippen LogP contribution is 2.49. The lowest BCUT2D eigenvalue weighted by atomic mass is 9.91. The van der Waals surface area contributed by atoms with Crippen molar-refractivity contribution in [2.75, 3.05) is 39.4 Å². The molecule has 1 atom stereocenters. The summed E-state index contributed by atoms with van der Waals surface area (Å²) in [7, 11) is 3.65. The van der Waals surface area contributed by atoms with Gasteiger partial charge in [0, 0.05) is 29.9 Å². The molecule has 8 nitrogen and oxygen atoms in total. The molecule has 0 bridgehead atoms. The molecule has 0 fully saturated rings.